The zero-order chi connectivity index (χ0) is 74.7. The number of hydrogen-bond donors (Lipinski definition) is 7. The van der Waals surface area contributed by atoms with Crippen LogP contribution < -0.4 is 21.3 Å². The molecule has 564 valence electrons. The molecule has 0 spiro atoms. The molecule has 1 heterocycles. The molecule has 18 nitrogen and oxygen atoms in total. The highest BCUT2D eigenvalue weighted by Crippen LogP contribution is 2.23. The van der Waals surface area contributed by atoms with Gasteiger partial charge in [0.2, 0.25) is 17.7 Å². The van der Waals surface area contributed by atoms with Gasteiger partial charge in [0.15, 0.2) is 0 Å². The smallest absolute Gasteiger partial charge is 0.317 e. The van der Waals surface area contributed by atoms with Gasteiger partial charge >= 0.3 is 17.9 Å². The fourth-order valence-electron chi connectivity index (χ4n) is 11.6. The first-order valence-electron chi connectivity index (χ1n) is 37.5. The number of unbranched alkanes of at least 4 members (excludes halogenated alkanes) is 5. The summed E-state index contributed by atoms with van der Waals surface area (Å²) in [7, 11) is 0. The molecule has 0 bridgehead atoms. The molecule has 1 saturated heterocycles. The number of carboxylic acids is 3. The van der Waals surface area contributed by atoms with E-state index in [4.69, 9.17) is 0 Å². The monoisotopic (exact) mass is 1400 g/mol. The third-order valence-electron chi connectivity index (χ3n) is 18.0. The van der Waals surface area contributed by atoms with Crippen LogP contribution in [0.4, 0.5) is 11.4 Å². The Balaban J connectivity index is 2.03. The van der Waals surface area contributed by atoms with Crippen molar-refractivity contribution in [3.05, 3.63) is 140 Å². The van der Waals surface area contributed by atoms with Crippen molar-refractivity contribution >= 4 is 52.9 Å². The molecule has 0 saturated carbocycles. The Labute approximate surface area is 608 Å². The Bertz CT molecular complexity index is 2880. The van der Waals surface area contributed by atoms with Crippen LogP contribution in [0, 0.1) is 0 Å². The molecule has 1 aromatic rings. The first-order valence-corrected chi connectivity index (χ1v) is 37.5. The number of nitrogens with one attached hydrogen (secondary N) is 4. The van der Waals surface area contributed by atoms with Crippen molar-refractivity contribution in [2.75, 3.05) is 102 Å². The maximum atomic E-state index is 13.8. The number of carboxylic acid groups (broad SMARTS) is 3. The molecule has 0 aliphatic carbocycles. The number of rotatable bonds is 48. The van der Waals surface area contributed by atoms with Crippen LogP contribution in [0.1, 0.15) is 248 Å². The van der Waals surface area contributed by atoms with Crippen molar-refractivity contribution in [3.63, 3.8) is 0 Å². The van der Waals surface area contributed by atoms with Gasteiger partial charge in [-0.1, -0.05) is 129 Å². The quantitative estimate of drug-likeness (QED) is 0.0237. The van der Waals surface area contributed by atoms with E-state index < -0.39 is 17.9 Å². The number of nitrogens with zero attached hydrogens (tertiary/aromatic N) is 4. The summed E-state index contributed by atoms with van der Waals surface area (Å²) in [5.74, 6) is -4.01. The predicted octanol–water partition coefficient (Wildman–Crippen LogP) is 16.8. The Morgan fingerprint density at radius 3 is 0.881 bits per heavy atom. The lowest BCUT2D eigenvalue weighted by Crippen LogP contribution is -2.49. The SMILES string of the molecule is CC(C)=CCC/C(C)=C/CC/C(C)=C/CC/C=C(\C)CC/C=C(\C)CCC(=O)Nc1cc(NC(=O)CC/C(C)=C/CC/C(C)=C/CC/C=C(\C)CC/C=C(\C)CCC=C(C)C)cc(C(=O)NCCCCCCNC(=O)CN2CCN(CC(=O)O)CCN(CC(=O)O)CCN(CC(=O)O)CC2)c1. The van der Waals surface area contributed by atoms with Crippen LogP contribution in [-0.4, -0.2) is 168 Å². The molecular formula is C83H132N8O10. The topological polar surface area (TPSA) is 241 Å². The first-order chi connectivity index (χ1) is 48.1. The van der Waals surface area contributed by atoms with Gasteiger partial charge in [-0.05, 0) is 230 Å². The zero-order valence-electron chi connectivity index (χ0n) is 64.4. The summed E-state index contributed by atoms with van der Waals surface area (Å²) in [6.07, 6.45) is 44.5. The molecule has 1 aliphatic rings. The van der Waals surface area contributed by atoms with Gasteiger partial charge in [0.1, 0.15) is 0 Å². The van der Waals surface area contributed by atoms with Crippen molar-refractivity contribution in [2.45, 2.75) is 237 Å². The number of hydrogen-bond acceptors (Lipinski definition) is 11. The van der Waals surface area contributed by atoms with Gasteiger partial charge < -0.3 is 36.6 Å². The third kappa shape index (κ3) is 49.9. The molecular weight excluding hydrogens is 1270 g/mol. The van der Waals surface area contributed by atoms with Gasteiger partial charge in [-0.15, -0.1) is 0 Å². The number of benzene rings is 1. The maximum absolute atomic E-state index is 13.8. The third-order valence-corrected chi connectivity index (χ3v) is 18.0. The number of aliphatic carboxylic acids is 3. The summed E-state index contributed by atoms with van der Waals surface area (Å²) in [6, 6.07) is 4.97. The van der Waals surface area contributed by atoms with E-state index in [2.05, 4.69) is 165 Å². The normalized spacial score (nSPS) is 15.1. The van der Waals surface area contributed by atoms with Gasteiger partial charge in [0.25, 0.3) is 5.91 Å². The predicted molar refractivity (Wildman–Crippen MR) is 417 cm³/mol. The highest BCUT2D eigenvalue weighted by atomic mass is 16.4. The van der Waals surface area contributed by atoms with Crippen molar-refractivity contribution in [1.82, 2.24) is 30.2 Å². The van der Waals surface area contributed by atoms with Gasteiger partial charge in [-0.2, -0.15) is 0 Å². The molecule has 1 aromatic carbocycles. The lowest BCUT2D eigenvalue weighted by Gasteiger charge is -2.32. The molecule has 0 atom stereocenters. The molecule has 7 N–H and O–H groups in total. The van der Waals surface area contributed by atoms with Crippen LogP contribution in [0.3, 0.4) is 0 Å². The van der Waals surface area contributed by atoms with Crippen LogP contribution in [0.15, 0.2) is 135 Å². The number of anilines is 2. The van der Waals surface area contributed by atoms with Crippen LogP contribution in [-0.2, 0) is 28.8 Å². The molecule has 101 heavy (non-hydrogen) atoms. The summed E-state index contributed by atoms with van der Waals surface area (Å²) in [4.78, 5) is 96.1. The van der Waals surface area contributed by atoms with Gasteiger partial charge in [0, 0.05) is 95.2 Å². The van der Waals surface area contributed by atoms with Crippen molar-refractivity contribution in [2.24, 2.45) is 0 Å². The van der Waals surface area contributed by atoms with Crippen molar-refractivity contribution in [3.8, 4) is 0 Å². The molecule has 0 radical (unpaired) electrons. The Morgan fingerprint density at radius 1 is 0.317 bits per heavy atom. The van der Waals surface area contributed by atoms with E-state index in [1.807, 2.05) is 4.90 Å². The summed E-state index contributed by atoms with van der Waals surface area (Å²) in [5.41, 5.74) is 14.7. The van der Waals surface area contributed by atoms with Gasteiger partial charge in [0.05, 0.1) is 26.2 Å². The average molecular weight is 1400 g/mol. The largest absolute Gasteiger partial charge is 0.480 e. The van der Waals surface area contributed by atoms with Gasteiger partial charge in [-0.3, -0.25) is 53.2 Å². The number of amides is 4. The van der Waals surface area contributed by atoms with Gasteiger partial charge in [-0.25, -0.2) is 0 Å². The molecule has 1 fully saturated rings. The first kappa shape index (κ1) is 89.8. The number of carbonyl (C=O) groups is 7. The fraction of sp³-hybridized carbons (Fsp3) is 0.602. The van der Waals surface area contributed by atoms with Crippen molar-refractivity contribution in [1.29, 1.82) is 0 Å². The molecule has 1 aliphatic heterocycles. The minimum atomic E-state index is -1.03. The summed E-state index contributed by atoms with van der Waals surface area (Å²) in [6.45, 7) is 28.6. The second kappa shape index (κ2) is 54.4. The van der Waals surface area contributed by atoms with E-state index in [1.54, 1.807) is 32.9 Å². The zero-order valence-corrected chi connectivity index (χ0v) is 64.4. The minimum Gasteiger partial charge on any atom is -0.480 e. The Hall–Kier alpha value is -7.25. The van der Waals surface area contributed by atoms with Crippen molar-refractivity contribution < 1.29 is 48.9 Å². The minimum absolute atomic E-state index is 0.0330. The second-order valence-electron chi connectivity index (χ2n) is 28.6. The standard InChI is InChI=1S/C83H132N8O10/c1-64(2)27-21-33-70(9)39-23-35-66(5)29-15-17-31-68(7)37-25-41-72(11)43-45-77(92)86-75-57-74(58-76(59-75)87-78(93)46-44-73(12)42-26-38-69(8)32-18-16-30-67(6)36-24-40-71(10)34-22-28-65(3)4)83(101)85-48-20-14-13-19-47-84-79(94)60-88-49-51-89(61-80(95)96)53-55-91(63-82(99)100)56-54-90(52-50-88)62-81(97)98/h27-32,39-42,57-59H,13-26,33-38,43-56,60-63H2,1-12H3,(H,84,94)(H,85,101)(H,86,92)(H,87,93)(H,95,96)(H,97,98)(H,99,100)/b66-29+,67-30+,68-31+,69-32+,70-39+,71-40+,72-41+,73-42+. The lowest BCUT2D eigenvalue weighted by molar-refractivity contribution is -0.140. The Kier molecular flexibility index (Phi) is 48.4. The molecule has 18 heteroatoms. The highest BCUT2D eigenvalue weighted by Gasteiger charge is 2.22. The summed E-state index contributed by atoms with van der Waals surface area (Å²) < 4.78 is 0. The van der Waals surface area contributed by atoms with E-state index in [0.717, 1.165) is 127 Å². The molecule has 0 unspecified atom stereocenters. The van der Waals surface area contributed by atoms with E-state index in [-0.39, 0.29) is 88.8 Å². The molecule has 0 aromatic heterocycles. The van der Waals surface area contributed by atoms with Crippen LogP contribution in [0.25, 0.3) is 0 Å². The van der Waals surface area contributed by atoms with E-state index in [9.17, 15) is 48.9 Å². The number of allylic oxidation sites excluding steroid dienone is 20. The fourth-order valence-corrected chi connectivity index (χ4v) is 11.6. The Morgan fingerprint density at radius 2 is 0.584 bits per heavy atom. The second-order valence-corrected chi connectivity index (χ2v) is 28.6. The molecule has 4 amide bonds. The van der Waals surface area contributed by atoms with Crippen LogP contribution in [0.2, 0.25) is 0 Å². The lowest BCUT2D eigenvalue weighted by atomic mass is 10.0. The summed E-state index contributed by atoms with van der Waals surface area (Å²) >= 11 is 0. The highest BCUT2D eigenvalue weighted by molar-refractivity contribution is 6.00. The van der Waals surface area contributed by atoms with Crippen LogP contribution in [0.5, 0.6) is 0 Å². The van der Waals surface area contributed by atoms with E-state index >= 15 is 0 Å². The van der Waals surface area contributed by atoms with E-state index in [1.165, 1.54) is 44.6 Å². The average Bonchev–Trinajstić information content (AvgIpc) is 0.848. The summed E-state index contributed by atoms with van der Waals surface area (Å²) in [5, 5.41) is 40.6. The van der Waals surface area contributed by atoms with Crippen LogP contribution >= 0.6 is 0 Å². The maximum Gasteiger partial charge on any atom is 0.317 e. The van der Waals surface area contributed by atoms with E-state index in [0.29, 0.717) is 81.9 Å². The number of carbonyl (C=O) groups excluding carboxylic acids is 4. The molecule has 2 rings (SSSR count).